The molecule has 0 aliphatic carbocycles. The monoisotopic (exact) mass is 311 g/mol. The van der Waals surface area contributed by atoms with Crippen LogP contribution in [0.3, 0.4) is 0 Å². The Labute approximate surface area is 138 Å². The molecule has 23 heavy (non-hydrogen) atoms. The Morgan fingerprint density at radius 1 is 1.13 bits per heavy atom. The minimum atomic E-state index is 0.245. The number of ether oxygens (including phenoxy) is 2. The summed E-state index contributed by atoms with van der Waals surface area (Å²) in [6.07, 6.45) is 3.50. The molecule has 2 aromatic carbocycles. The maximum absolute atomic E-state index is 5.96. The quantitative estimate of drug-likeness (QED) is 0.831. The van der Waals surface area contributed by atoms with Gasteiger partial charge in [0.1, 0.15) is 12.4 Å². The van der Waals surface area contributed by atoms with Crippen LogP contribution >= 0.6 is 0 Å². The predicted octanol–water partition coefficient (Wildman–Crippen LogP) is 4.21. The zero-order chi connectivity index (χ0) is 15.9. The van der Waals surface area contributed by atoms with Crippen LogP contribution in [0.15, 0.2) is 48.5 Å². The van der Waals surface area contributed by atoms with Crippen molar-refractivity contribution in [1.82, 2.24) is 0 Å². The molecule has 3 rings (SSSR count). The maximum atomic E-state index is 5.96. The van der Waals surface area contributed by atoms with E-state index in [0.717, 1.165) is 43.9 Å². The highest BCUT2D eigenvalue weighted by atomic mass is 16.5. The van der Waals surface area contributed by atoms with Gasteiger partial charge in [-0.05, 0) is 49.4 Å². The number of para-hydroxylation sites is 2. The van der Waals surface area contributed by atoms with Crippen LogP contribution in [0.4, 0.5) is 5.69 Å². The van der Waals surface area contributed by atoms with Crippen molar-refractivity contribution in [3.63, 3.8) is 0 Å². The topological polar surface area (TPSA) is 30.5 Å². The number of aryl methyl sites for hydroxylation is 1. The van der Waals surface area contributed by atoms with Gasteiger partial charge in [-0.15, -0.1) is 0 Å². The summed E-state index contributed by atoms with van der Waals surface area (Å²) in [6, 6.07) is 16.7. The van der Waals surface area contributed by atoms with E-state index in [-0.39, 0.29) is 6.10 Å². The molecule has 1 heterocycles. The molecule has 0 spiro atoms. The largest absolute Gasteiger partial charge is 0.489 e. The van der Waals surface area contributed by atoms with Crippen molar-refractivity contribution in [2.75, 3.05) is 25.1 Å². The van der Waals surface area contributed by atoms with E-state index in [1.54, 1.807) is 0 Å². The number of anilines is 1. The lowest BCUT2D eigenvalue weighted by Gasteiger charge is -2.16. The molecule has 0 radical (unpaired) electrons. The van der Waals surface area contributed by atoms with E-state index >= 15 is 0 Å². The van der Waals surface area contributed by atoms with Crippen LogP contribution < -0.4 is 10.1 Å². The van der Waals surface area contributed by atoms with Crippen molar-refractivity contribution in [3.8, 4) is 5.75 Å². The molecule has 3 heteroatoms. The van der Waals surface area contributed by atoms with Crippen LogP contribution in [0, 0.1) is 6.92 Å². The van der Waals surface area contributed by atoms with Crippen LogP contribution in [-0.4, -0.2) is 25.9 Å². The molecule has 0 saturated carbocycles. The zero-order valence-electron chi connectivity index (χ0n) is 13.8. The molecule has 0 bridgehead atoms. The predicted molar refractivity (Wildman–Crippen MR) is 94.3 cm³/mol. The van der Waals surface area contributed by atoms with Gasteiger partial charge < -0.3 is 14.8 Å². The van der Waals surface area contributed by atoms with Crippen LogP contribution in [0.5, 0.6) is 5.75 Å². The minimum Gasteiger partial charge on any atom is -0.489 e. The van der Waals surface area contributed by atoms with Gasteiger partial charge in [0.15, 0.2) is 0 Å². The van der Waals surface area contributed by atoms with Crippen LogP contribution in [0.2, 0.25) is 0 Å². The van der Waals surface area contributed by atoms with E-state index in [1.807, 2.05) is 18.2 Å². The van der Waals surface area contributed by atoms with E-state index < -0.39 is 0 Å². The first kappa shape index (κ1) is 15.9. The normalized spacial score (nSPS) is 17.2. The van der Waals surface area contributed by atoms with Gasteiger partial charge in [0.05, 0.1) is 11.8 Å². The highest BCUT2D eigenvalue weighted by molar-refractivity contribution is 5.56. The molecular weight excluding hydrogens is 286 g/mol. The van der Waals surface area contributed by atoms with Crippen molar-refractivity contribution >= 4 is 5.69 Å². The van der Waals surface area contributed by atoms with E-state index in [4.69, 9.17) is 9.47 Å². The Morgan fingerprint density at radius 3 is 2.78 bits per heavy atom. The van der Waals surface area contributed by atoms with Crippen molar-refractivity contribution in [2.45, 2.75) is 32.3 Å². The van der Waals surface area contributed by atoms with Gasteiger partial charge in [-0.2, -0.15) is 0 Å². The minimum absolute atomic E-state index is 0.245. The van der Waals surface area contributed by atoms with Gasteiger partial charge in [-0.25, -0.2) is 0 Å². The Morgan fingerprint density at radius 2 is 1.96 bits per heavy atom. The number of nitrogens with one attached hydrogen (secondary N) is 1. The summed E-state index contributed by atoms with van der Waals surface area (Å²) < 4.78 is 11.6. The molecule has 1 saturated heterocycles. The molecule has 2 aromatic rings. The SMILES string of the molecule is Cc1ccccc1CCNc1ccccc1OCC1CCCO1. The smallest absolute Gasteiger partial charge is 0.142 e. The average Bonchev–Trinajstić information content (AvgIpc) is 3.09. The molecule has 0 amide bonds. The van der Waals surface area contributed by atoms with Crippen molar-refractivity contribution in [2.24, 2.45) is 0 Å². The van der Waals surface area contributed by atoms with Gasteiger partial charge in [0, 0.05) is 13.2 Å². The van der Waals surface area contributed by atoms with E-state index in [2.05, 4.69) is 42.6 Å². The fourth-order valence-corrected chi connectivity index (χ4v) is 2.92. The molecule has 122 valence electrons. The summed E-state index contributed by atoms with van der Waals surface area (Å²) in [5.74, 6) is 0.910. The van der Waals surface area contributed by atoms with E-state index in [1.165, 1.54) is 11.1 Å². The lowest BCUT2D eigenvalue weighted by atomic mass is 10.1. The molecular formula is C20H25NO2. The third kappa shape index (κ3) is 4.49. The molecule has 1 atom stereocenters. The zero-order valence-corrected chi connectivity index (χ0v) is 13.8. The Bertz CT molecular complexity index is 621. The second-order valence-corrected chi connectivity index (χ2v) is 6.05. The molecule has 1 unspecified atom stereocenters. The highest BCUT2D eigenvalue weighted by Crippen LogP contribution is 2.25. The summed E-state index contributed by atoms with van der Waals surface area (Å²) in [6.45, 7) is 4.56. The van der Waals surface area contributed by atoms with E-state index in [9.17, 15) is 0 Å². The van der Waals surface area contributed by atoms with Gasteiger partial charge in [-0.3, -0.25) is 0 Å². The summed E-state index contributed by atoms with van der Waals surface area (Å²) in [7, 11) is 0. The lowest BCUT2D eigenvalue weighted by molar-refractivity contribution is 0.0682. The number of hydrogen-bond donors (Lipinski definition) is 1. The molecule has 3 nitrogen and oxygen atoms in total. The Balaban J connectivity index is 1.54. The third-order valence-electron chi connectivity index (χ3n) is 4.31. The lowest BCUT2D eigenvalue weighted by Crippen LogP contribution is -2.17. The van der Waals surface area contributed by atoms with Crippen LogP contribution in [0.1, 0.15) is 24.0 Å². The van der Waals surface area contributed by atoms with E-state index in [0.29, 0.717) is 6.61 Å². The van der Waals surface area contributed by atoms with Crippen molar-refractivity contribution < 1.29 is 9.47 Å². The fraction of sp³-hybridized carbons (Fsp3) is 0.400. The fourth-order valence-electron chi connectivity index (χ4n) is 2.92. The first-order chi connectivity index (χ1) is 11.3. The number of rotatable bonds is 7. The first-order valence-electron chi connectivity index (χ1n) is 8.45. The van der Waals surface area contributed by atoms with Gasteiger partial charge in [0.2, 0.25) is 0 Å². The summed E-state index contributed by atoms with van der Waals surface area (Å²) in [5, 5.41) is 3.50. The van der Waals surface area contributed by atoms with Gasteiger partial charge >= 0.3 is 0 Å². The number of benzene rings is 2. The summed E-state index contributed by atoms with van der Waals surface area (Å²) in [5.41, 5.74) is 3.79. The molecule has 1 N–H and O–H groups in total. The van der Waals surface area contributed by atoms with Crippen LogP contribution in [-0.2, 0) is 11.2 Å². The molecule has 1 aliphatic rings. The molecule has 1 fully saturated rings. The Hall–Kier alpha value is -2.00. The molecule has 1 aliphatic heterocycles. The second kappa shape index (κ2) is 8.02. The second-order valence-electron chi connectivity index (χ2n) is 6.05. The highest BCUT2D eigenvalue weighted by Gasteiger charge is 2.16. The first-order valence-corrected chi connectivity index (χ1v) is 8.45. The van der Waals surface area contributed by atoms with Crippen molar-refractivity contribution in [3.05, 3.63) is 59.7 Å². The number of hydrogen-bond acceptors (Lipinski definition) is 3. The standard InChI is InChI=1S/C20H25NO2/c1-16-7-2-3-8-17(16)12-13-21-19-10-4-5-11-20(19)23-15-18-9-6-14-22-18/h2-5,7-8,10-11,18,21H,6,9,12-15H2,1H3. The third-order valence-corrected chi connectivity index (χ3v) is 4.31. The van der Waals surface area contributed by atoms with Crippen molar-refractivity contribution in [1.29, 1.82) is 0 Å². The van der Waals surface area contributed by atoms with Gasteiger partial charge in [-0.1, -0.05) is 36.4 Å². The average molecular weight is 311 g/mol. The Kier molecular flexibility index (Phi) is 5.54. The van der Waals surface area contributed by atoms with Gasteiger partial charge in [0.25, 0.3) is 0 Å². The summed E-state index contributed by atoms with van der Waals surface area (Å²) >= 11 is 0. The van der Waals surface area contributed by atoms with Crippen LogP contribution in [0.25, 0.3) is 0 Å². The summed E-state index contributed by atoms with van der Waals surface area (Å²) in [4.78, 5) is 0. The maximum Gasteiger partial charge on any atom is 0.142 e. The molecule has 0 aromatic heterocycles.